The summed E-state index contributed by atoms with van der Waals surface area (Å²) in [4.78, 5) is 27.2. The summed E-state index contributed by atoms with van der Waals surface area (Å²) < 4.78 is 0. The van der Waals surface area contributed by atoms with Crippen molar-refractivity contribution in [3.8, 4) is 0 Å². The minimum atomic E-state index is -0.933. The highest BCUT2D eigenvalue weighted by atomic mass is 32.2. The van der Waals surface area contributed by atoms with Gasteiger partial charge in [-0.25, -0.2) is 9.59 Å². The number of aliphatic carboxylic acids is 1. The maximum atomic E-state index is 12.6. The molecule has 2 aliphatic rings. The van der Waals surface area contributed by atoms with Crippen LogP contribution in [0.1, 0.15) is 26.2 Å². The summed E-state index contributed by atoms with van der Waals surface area (Å²) in [7, 11) is 0. The van der Waals surface area contributed by atoms with Crippen molar-refractivity contribution in [2.75, 3.05) is 25.4 Å². The third-order valence-corrected chi connectivity index (χ3v) is 5.45. The summed E-state index contributed by atoms with van der Waals surface area (Å²) >= 11 is 1.53. The highest BCUT2D eigenvalue weighted by molar-refractivity contribution is 8.00. The summed E-state index contributed by atoms with van der Waals surface area (Å²) in [6.45, 7) is 3.23. The summed E-state index contributed by atoms with van der Waals surface area (Å²) in [6, 6.07) is -0.917. The number of thioether (sulfide) groups is 1. The third kappa shape index (κ3) is 3.03. The van der Waals surface area contributed by atoms with Gasteiger partial charge in [0.1, 0.15) is 6.04 Å². The Labute approximate surface area is 123 Å². The maximum absolute atomic E-state index is 12.6. The zero-order valence-corrected chi connectivity index (χ0v) is 12.5. The van der Waals surface area contributed by atoms with Crippen LogP contribution in [0.3, 0.4) is 0 Å². The molecule has 0 bridgehead atoms. The molecule has 20 heavy (non-hydrogen) atoms. The number of rotatable bonds is 3. The molecule has 0 radical (unpaired) electrons. The van der Waals surface area contributed by atoms with Crippen molar-refractivity contribution >= 4 is 23.8 Å². The fourth-order valence-electron chi connectivity index (χ4n) is 2.88. The van der Waals surface area contributed by atoms with Gasteiger partial charge in [0.15, 0.2) is 0 Å². The van der Waals surface area contributed by atoms with Crippen molar-refractivity contribution in [1.29, 1.82) is 0 Å². The summed E-state index contributed by atoms with van der Waals surface area (Å²) in [5.74, 6) is -0.361. The number of urea groups is 1. The van der Waals surface area contributed by atoms with E-state index < -0.39 is 12.0 Å². The lowest BCUT2D eigenvalue weighted by Gasteiger charge is -2.37. The Morgan fingerprint density at radius 2 is 2.15 bits per heavy atom. The predicted molar refractivity (Wildman–Crippen MR) is 76.6 cm³/mol. The minimum absolute atomic E-state index is 0.0573. The van der Waals surface area contributed by atoms with Gasteiger partial charge in [-0.2, -0.15) is 0 Å². The number of nitrogens with zero attached hydrogens (tertiary/aromatic N) is 2. The number of hydrogen-bond donors (Lipinski definition) is 2. The van der Waals surface area contributed by atoms with Crippen molar-refractivity contribution < 1.29 is 19.8 Å². The maximum Gasteiger partial charge on any atom is 0.327 e. The number of carboxylic acid groups (broad SMARTS) is 1. The van der Waals surface area contributed by atoms with Gasteiger partial charge in [0.05, 0.1) is 5.37 Å². The predicted octanol–water partition coefficient (Wildman–Crippen LogP) is 1.05. The summed E-state index contributed by atoms with van der Waals surface area (Å²) in [5.41, 5.74) is 0. The zero-order valence-electron chi connectivity index (χ0n) is 11.7. The molecule has 0 saturated carbocycles. The van der Waals surface area contributed by atoms with Gasteiger partial charge >= 0.3 is 12.0 Å². The van der Waals surface area contributed by atoms with Gasteiger partial charge in [-0.1, -0.05) is 6.92 Å². The van der Waals surface area contributed by atoms with E-state index in [4.69, 9.17) is 0 Å². The van der Waals surface area contributed by atoms with Crippen LogP contribution in [-0.2, 0) is 4.79 Å². The SMILES string of the molecule is CCC1SCC(C(=O)O)N1C(=O)N1CCCC(CO)C1. The molecule has 6 nitrogen and oxygen atoms in total. The lowest BCUT2D eigenvalue weighted by molar-refractivity contribution is -0.141. The quantitative estimate of drug-likeness (QED) is 0.814. The second-order valence-electron chi connectivity index (χ2n) is 5.38. The van der Waals surface area contributed by atoms with Gasteiger partial charge < -0.3 is 15.1 Å². The number of amides is 2. The van der Waals surface area contributed by atoms with Crippen molar-refractivity contribution in [3.63, 3.8) is 0 Å². The van der Waals surface area contributed by atoms with E-state index in [1.54, 1.807) is 4.90 Å². The van der Waals surface area contributed by atoms with Crippen LogP contribution in [0.25, 0.3) is 0 Å². The van der Waals surface area contributed by atoms with E-state index in [0.29, 0.717) is 18.8 Å². The molecular weight excluding hydrogens is 280 g/mol. The Kier molecular flexibility index (Phi) is 5.15. The molecule has 114 valence electrons. The van der Waals surface area contributed by atoms with E-state index in [9.17, 15) is 19.8 Å². The van der Waals surface area contributed by atoms with E-state index in [2.05, 4.69) is 0 Å². The molecule has 2 N–H and O–H groups in total. The standard InChI is InChI=1S/C13H22N2O4S/c1-2-11-15(10(8-20-11)12(17)18)13(19)14-5-3-4-9(6-14)7-16/h9-11,16H,2-8H2,1H3,(H,17,18). The number of hydrogen-bond acceptors (Lipinski definition) is 4. The van der Waals surface area contributed by atoms with E-state index in [1.807, 2.05) is 6.92 Å². The number of carbonyl (C=O) groups excluding carboxylic acids is 1. The molecule has 2 heterocycles. The van der Waals surface area contributed by atoms with Crippen LogP contribution in [0.5, 0.6) is 0 Å². The summed E-state index contributed by atoms with van der Waals surface area (Å²) in [6.07, 6.45) is 2.54. The molecule has 2 saturated heterocycles. The number of likely N-dealkylation sites (tertiary alicyclic amines) is 1. The Morgan fingerprint density at radius 1 is 1.40 bits per heavy atom. The first-order valence-corrected chi connectivity index (χ1v) is 8.15. The largest absolute Gasteiger partial charge is 0.480 e. The van der Waals surface area contributed by atoms with Crippen molar-refractivity contribution in [2.24, 2.45) is 5.92 Å². The molecule has 0 aromatic carbocycles. The molecule has 2 amide bonds. The molecule has 2 rings (SSSR count). The number of carboxylic acids is 1. The highest BCUT2D eigenvalue weighted by Gasteiger charge is 2.43. The number of aliphatic hydroxyl groups excluding tert-OH is 1. The number of aliphatic hydroxyl groups is 1. The molecule has 0 aromatic heterocycles. The van der Waals surface area contributed by atoms with Crippen LogP contribution in [0, 0.1) is 5.92 Å². The molecule has 3 unspecified atom stereocenters. The number of carbonyl (C=O) groups is 2. The van der Waals surface area contributed by atoms with E-state index in [-0.39, 0.29) is 23.9 Å². The summed E-state index contributed by atoms with van der Waals surface area (Å²) in [5, 5.41) is 18.5. The van der Waals surface area contributed by atoms with Crippen molar-refractivity contribution in [2.45, 2.75) is 37.6 Å². The molecular formula is C13H22N2O4S. The first kappa shape index (κ1) is 15.4. The Morgan fingerprint density at radius 3 is 2.75 bits per heavy atom. The lowest BCUT2D eigenvalue weighted by atomic mass is 9.99. The average Bonchev–Trinajstić information content (AvgIpc) is 2.90. The lowest BCUT2D eigenvalue weighted by Crippen LogP contribution is -2.54. The second-order valence-corrected chi connectivity index (χ2v) is 6.59. The van der Waals surface area contributed by atoms with Crippen LogP contribution in [-0.4, -0.2) is 68.9 Å². The highest BCUT2D eigenvalue weighted by Crippen LogP contribution is 2.33. The normalized spacial score (nSPS) is 30.6. The zero-order chi connectivity index (χ0) is 14.7. The van der Waals surface area contributed by atoms with Crippen LogP contribution in [0.4, 0.5) is 4.79 Å². The van der Waals surface area contributed by atoms with E-state index in [1.165, 1.54) is 16.7 Å². The minimum Gasteiger partial charge on any atom is -0.480 e. The molecule has 0 spiro atoms. The van der Waals surface area contributed by atoms with Gasteiger partial charge in [0.25, 0.3) is 0 Å². The number of piperidine rings is 1. The fraction of sp³-hybridized carbons (Fsp3) is 0.846. The second kappa shape index (κ2) is 6.67. The molecule has 0 aromatic rings. The molecule has 2 fully saturated rings. The Balaban J connectivity index is 2.10. The monoisotopic (exact) mass is 302 g/mol. The van der Waals surface area contributed by atoms with E-state index in [0.717, 1.165) is 19.3 Å². The van der Waals surface area contributed by atoms with Gasteiger partial charge in [-0.05, 0) is 25.2 Å². The van der Waals surface area contributed by atoms with Crippen LogP contribution in [0.2, 0.25) is 0 Å². The van der Waals surface area contributed by atoms with Crippen molar-refractivity contribution in [3.05, 3.63) is 0 Å². The smallest absolute Gasteiger partial charge is 0.327 e. The van der Waals surface area contributed by atoms with Gasteiger partial charge in [-0.15, -0.1) is 11.8 Å². The van der Waals surface area contributed by atoms with Crippen LogP contribution in [0.15, 0.2) is 0 Å². The first-order chi connectivity index (χ1) is 9.58. The molecule has 0 aliphatic carbocycles. The van der Waals surface area contributed by atoms with Gasteiger partial charge in [0.2, 0.25) is 0 Å². The Bertz CT molecular complexity index is 379. The average molecular weight is 302 g/mol. The first-order valence-electron chi connectivity index (χ1n) is 7.11. The molecule has 2 aliphatic heterocycles. The van der Waals surface area contributed by atoms with Crippen molar-refractivity contribution in [1.82, 2.24) is 9.80 Å². The fourth-order valence-corrected chi connectivity index (χ4v) is 4.22. The third-order valence-electron chi connectivity index (χ3n) is 4.00. The molecule has 7 heteroatoms. The van der Waals surface area contributed by atoms with Gasteiger partial charge in [0, 0.05) is 25.4 Å². The van der Waals surface area contributed by atoms with Gasteiger partial charge in [-0.3, -0.25) is 4.90 Å². The van der Waals surface area contributed by atoms with Crippen LogP contribution < -0.4 is 0 Å². The van der Waals surface area contributed by atoms with E-state index >= 15 is 0 Å². The van der Waals surface area contributed by atoms with Crippen LogP contribution >= 0.6 is 11.8 Å². The molecule has 3 atom stereocenters. The Hall–Kier alpha value is -0.950. The topological polar surface area (TPSA) is 81.1 Å².